The van der Waals surface area contributed by atoms with Gasteiger partial charge in [-0.1, -0.05) is 6.07 Å². The van der Waals surface area contributed by atoms with E-state index in [9.17, 15) is 18.7 Å². The Balaban J connectivity index is 1.45. The molecule has 0 bridgehead atoms. The Hall–Kier alpha value is -2.84. The lowest BCUT2D eigenvalue weighted by atomic mass is 9.93. The van der Waals surface area contributed by atoms with Gasteiger partial charge in [-0.2, -0.15) is 0 Å². The van der Waals surface area contributed by atoms with Crippen molar-refractivity contribution in [3.05, 3.63) is 41.3 Å². The van der Waals surface area contributed by atoms with Crippen LogP contribution < -0.4 is 10.1 Å². The van der Waals surface area contributed by atoms with Crippen LogP contribution in [0.1, 0.15) is 68.2 Å². The third-order valence-electron chi connectivity index (χ3n) is 5.60. The molecule has 0 unspecified atom stereocenters. The van der Waals surface area contributed by atoms with E-state index in [1.54, 1.807) is 6.92 Å². The van der Waals surface area contributed by atoms with Gasteiger partial charge in [0.05, 0.1) is 12.5 Å². The first-order chi connectivity index (χ1) is 15.4. The standard InChI is InChI=1S/C23H30F2N4O3/c1-2-32-22-27-14-17(15-28-22)19(21(30)31)10-12-23(24,25)11-4-3-7-18-9-8-16-6-5-13-26-20(16)29-18/h8-9,14-15,19H,2-7,10-13H2,1H3,(H,26,29)(H,30,31)/t19-/m1/s1. The summed E-state index contributed by atoms with van der Waals surface area (Å²) in [6.07, 6.45) is 5.41. The number of hydrogen-bond donors (Lipinski definition) is 2. The number of alkyl halides is 2. The van der Waals surface area contributed by atoms with Crippen molar-refractivity contribution in [1.82, 2.24) is 15.0 Å². The number of unbranched alkanes of at least 4 members (excludes halogenated alkanes) is 1. The van der Waals surface area contributed by atoms with Gasteiger partial charge in [0, 0.05) is 43.0 Å². The number of nitrogens with one attached hydrogen (secondary N) is 1. The second-order valence-electron chi connectivity index (χ2n) is 8.07. The average Bonchev–Trinajstić information content (AvgIpc) is 2.78. The number of rotatable bonds is 12. The third-order valence-corrected chi connectivity index (χ3v) is 5.60. The van der Waals surface area contributed by atoms with Crippen LogP contribution in [0.4, 0.5) is 14.6 Å². The first-order valence-corrected chi connectivity index (χ1v) is 11.2. The highest BCUT2D eigenvalue weighted by atomic mass is 19.3. The van der Waals surface area contributed by atoms with Gasteiger partial charge in [0.25, 0.3) is 0 Å². The lowest BCUT2D eigenvalue weighted by Gasteiger charge is -2.19. The zero-order valence-corrected chi connectivity index (χ0v) is 18.3. The van der Waals surface area contributed by atoms with Crippen LogP contribution >= 0.6 is 0 Å². The molecule has 0 amide bonds. The molecule has 2 N–H and O–H groups in total. The van der Waals surface area contributed by atoms with Gasteiger partial charge < -0.3 is 15.2 Å². The van der Waals surface area contributed by atoms with E-state index in [0.717, 1.165) is 30.9 Å². The smallest absolute Gasteiger partial charge is 0.316 e. The number of carbonyl (C=O) groups is 1. The Morgan fingerprint density at radius 3 is 2.75 bits per heavy atom. The van der Waals surface area contributed by atoms with Crippen LogP contribution in [0.25, 0.3) is 0 Å². The van der Waals surface area contributed by atoms with Crippen LogP contribution in [0, 0.1) is 0 Å². The highest BCUT2D eigenvalue weighted by molar-refractivity contribution is 5.75. The number of aryl methyl sites for hydroxylation is 2. The highest BCUT2D eigenvalue weighted by Gasteiger charge is 2.32. The van der Waals surface area contributed by atoms with Crippen molar-refractivity contribution in [1.29, 1.82) is 0 Å². The lowest BCUT2D eigenvalue weighted by Crippen LogP contribution is -2.20. The normalized spacial score (nSPS) is 14.3. The fraction of sp³-hybridized carbons (Fsp3) is 0.565. The van der Waals surface area contributed by atoms with Crippen molar-refractivity contribution in [2.24, 2.45) is 0 Å². The molecule has 0 aliphatic carbocycles. The Bertz CT molecular complexity index is 893. The Kier molecular flexibility index (Phi) is 8.30. The number of anilines is 1. The topological polar surface area (TPSA) is 97.2 Å². The third kappa shape index (κ3) is 6.83. The van der Waals surface area contributed by atoms with Crippen molar-refractivity contribution >= 4 is 11.8 Å². The van der Waals surface area contributed by atoms with Gasteiger partial charge in [0.2, 0.25) is 5.92 Å². The SMILES string of the molecule is CCOc1ncc([C@@H](CCC(F)(F)CCCCc2ccc3c(n2)NCCC3)C(=O)O)cn1. The fourth-order valence-corrected chi connectivity index (χ4v) is 3.82. The second kappa shape index (κ2) is 11.2. The molecule has 0 saturated carbocycles. The van der Waals surface area contributed by atoms with E-state index in [-0.39, 0.29) is 18.9 Å². The number of carboxylic acids is 1. The number of nitrogens with zero attached hydrogens (tertiary/aromatic N) is 3. The molecule has 0 saturated heterocycles. The summed E-state index contributed by atoms with van der Waals surface area (Å²) in [5, 5.41) is 12.8. The van der Waals surface area contributed by atoms with Gasteiger partial charge in [0.15, 0.2) is 0 Å². The number of pyridine rings is 1. The quantitative estimate of drug-likeness (QED) is 0.457. The maximum absolute atomic E-state index is 14.4. The predicted octanol–water partition coefficient (Wildman–Crippen LogP) is 4.63. The zero-order chi connectivity index (χ0) is 23.0. The molecule has 0 radical (unpaired) electrons. The van der Waals surface area contributed by atoms with Crippen LogP contribution in [-0.4, -0.2) is 45.1 Å². The lowest BCUT2D eigenvalue weighted by molar-refractivity contribution is -0.139. The molecule has 174 valence electrons. The van der Waals surface area contributed by atoms with E-state index in [4.69, 9.17) is 4.74 Å². The minimum atomic E-state index is -2.93. The van der Waals surface area contributed by atoms with Gasteiger partial charge in [-0.05, 0) is 57.1 Å². The molecule has 1 aliphatic heterocycles. The molecule has 32 heavy (non-hydrogen) atoms. The Morgan fingerprint density at radius 1 is 1.25 bits per heavy atom. The van der Waals surface area contributed by atoms with Crippen molar-refractivity contribution in [3.8, 4) is 6.01 Å². The molecule has 9 heteroatoms. The fourth-order valence-electron chi connectivity index (χ4n) is 3.82. The average molecular weight is 449 g/mol. The molecule has 0 spiro atoms. The van der Waals surface area contributed by atoms with Crippen LogP contribution in [-0.2, 0) is 17.6 Å². The summed E-state index contributed by atoms with van der Waals surface area (Å²) < 4.78 is 33.9. The summed E-state index contributed by atoms with van der Waals surface area (Å²) in [7, 11) is 0. The first kappa shape index (κ1) is 23.8. The number of ether oxygens (including phenoxy) is 1. The zero-order valence-electron chi connectivity index (χ0n) is 18.3. The van der Waals surface area contributed by atoms with Gasteiger partial charge >= 0.3 is 12.0 Å². The van der Waals surface area contributed by atoms with Crippen LogP contribution in [0.5, 0.6) is 6.01 Å². The number of halogens is 2. The number of aromatic nitrogens is 3. The molecule has 0 fully saturated rings. The second-order valence-corrected chi connectivity index (χ2v) is 8.07. The highest BCUT2D eigenvalue weighted by Crippen LogP contribution is 2.32. The minimum absolute atomic E-state index is 0.134. The molecule has 2 aromatic heterocycles. The summed E-state index contributed by atoms with van der Waals surface area (Å²) in [4.78, 5) is 24.1. The summed E-state index contributed by atoms with van der Waals surface area (Å²) in [5.74, 6) is -4.26. The van der Waals surface area contributed by atoms with Crippen LogP contribution in [0.15, 0.2) is 24.5 Å². The minimum Gasteiger partial charge on any atom is -0.481 e. The molecule has 7 nitrogen and oxygen atoms in total. The maximum atomic E-state index is 14.4. The van der Waals surface area contributed by atoms with Gasteiger partial charge in [-0.15, -0.1) is 0 Å². The summed E-state index contributed by atoms with van der Waals surface area (Å²) >= 11 is 0. The van der Waals surface area contributed by atoms with E-state index < -0.39 is 24.2 Å². The van der Waals surface area contributed by atoms with E-state index in [1.165, 1.54) is 18.0 Å². The van der Waals surface area contributed by atoms with Crippen molar-refractivity contribution in [2.75, 3.05) is 18.5 Å². The first-order valence-electron chi connectivity index (χ1n) is 11.2. The maximum Gasteiger partial charge on any atom is 0.316 e. The molecule has 3 heterocycles. The number of aliphatic carboxylic acids is 1. The van der Waals surface area contributed by atoms with Gasteiger partial charge in [0.1, 0.15) is 5.82 Å². The van der Waals surface area contributed by atoms with Crippen LogP contribution in [0.3, 0.4) is 0 Å². The number of fused-ring (bicyclic) bond motifs is 1. The van der Waals surface area contributed by atoms with Gasteiger partial charge in [-0.3, -0.25) is 4.79 Å². The molecule has 3 rings (SSSR count). The van der Waals surface area contributed by atoms with E-state index in [1.807, 2.05) is 6.07 Å². The van der Waals surface area contributed by atoms with Crippen molar-refractivity contribution < 1.29 is 23.4 Å². The van der Waals surface area contributed by atoms with Crippen molar-refractivity contribution in [2.45, 2.75) is 70.1 Å². The Labute approximate surface area is 186 Å². The summed E-state index contributed by atoms with van der Waals surface area (Å²) in [6.45, 7) is 3.07. The largest absolute Gasteiger partial charge is 0.481 e. The predicted molar refractivity (Wildman–Crippen MR) is 116 cm³/mol. The molecule has 2 aromatic rings. The number of carboxylic acid groups (broad SMARTS) is 1. The van der Waals surface area contributed by atoms with E-state index in [2.05, 4.69) is 26.3 Å². The van der Waals surface area contributed by atoms with E-state index in [0.29, 0.717) is 31.4 Å². The van der Waals surface area contributed by atoms with Crippen LogP contribution in [0.2, 0.25) is 0 Å². The number of hydrogen-bond acceptors (Lipinski definition) is 6. The molecular formula is C23H30F2N4O3. The summed E-state index contributed by atoms with van der Waals surface area (Å²) in [6, 6.07) is 4.17. The van der Waals surface area contributed by atoms with Crippen molar-refractivity contribution in [3.63, 3.8) is 0 Å². The molecule has 0 aromatic carbocycles. The Morgan fingerprint density at radius 2 is 2.03 bits per heavy atom. The monoisotopic (exact) mass is 448 g/mol. The summed E-state index contributed by atoms with van der Waals surface area (Å²) in [5.41, 5.74) is 2.41. The molecule has 1 aliphatic rings. The molecular weight excluding hydrogens is 418 g/mol. The van der Waals surface area contributed by atoms with E-state index >= 15 is 0 Å². The molecule has 1 atom stereocenters. The van der Waals surface area contributed by atoms with Gasteiger partial charge in [-0.25, -0.2) is 23.7 Å².